The lowest BCUT2D eigenvalue weighted by atomic mass is 9.92. The van der Waals surface area contributed by atoms with Crippen LogP contribution in [0.1, 0.15) is 31.3 Å². The van der Waals surface area contributed by atoms with Gasteiger partial charge in [0.05, 0.1) is 11.2 Å². The number of aromatic nitrogens is 1. The van der Waals surface area contributed by atoms with E-state index in [2.05, 4.69) is 10.5 Å². The number of nitrogens with one attached hydrogen (secondary N) is 1. The zero-order chi connectivity index (χ0) is 16.3. The molecule has 0 aliphatic heterocycles. The second-order valence-corrected chi connectivity index (χ2v) is 5.75. The summed E-state index contributed by atoms with van der Waals surface area (Å²) in [5.41, 5.74) is -0.741. The maximum atomic E-state index is 13.7. The highest BCUT2D eigenvalue weighted by Crippen LogP contribution is 2.23. The van der Waals surface area contributed by atoms with Crippen molar-refractivity contribution in [2.24, 2.45) is 5.92 Å². The fraction of sp³-hybridized carbons (Fsp3) is 0.375. The van der Waals surface area contributed by atoms with Crippen molar-refractivity contribution in [1.82, 2.24) is 10.5 Å². The van der Waals surface area contributed by atoms with Gasteiger partial charge in [0.15, 0.2) is 11.5 Å². The van der Waals surface area contributed by atoms with Gasteiger partial charge in [0.25, 0.3) is 5.91 Å². The molecular formula is C16H19FN2O3. The smallest absolute Gasteiger partial charge is 0.273 e. The molecule has 118 valence electrons. The van der Waals surface area contributed by atoms with Crippen LogP contribution in [0, 0.1) is 11.7 Å². The highest BCUT2D eigenvalue weighted by Gasteiger charge is 2.26. The van der Waals surface area contributed by atoms with Crippen molar-refractivity contribution in [2.75, 3.05) is 6.54 Å². The van der Waals surface area contributed by atoms with Crippen LogP contribution < -0.4 is 5.32 Å². The van der Waals surface area contributed by atoms with Crippen LogP contribution in [0.3, 0.4) is 0 Å². The summed E-state index contributed by atoms with van der Waals surface area (Å²) in [7, 11) is 0. The predicted molar refractivity (Wildman–Crippen MR) is 79.7 cm³/mol. The van der Waals surface area contributed by atoms with Gasteiger partial charge < -0.3 is 14.9 Å². The zero-order valence-electron chi connectivity index (χ0n) is 12.8. The molecule has 22 heavy (non-hydrogen) atoms. The van der Waals surface area contributed by atoms with E-state index in [1.807, 2.05) is 13.8 Å². The Kier molecular flexibility index (Phi) is 4.61. The summed E-state index contributed by atoms with van der Waals surface area (Å²) >= 11 is 0. The monoisotopic (exact) mass is 306 g/mol. The minimum Gasteiger partial charge on any atom is -0.388 e. The maximum absolute atomic E-state index is 13.7. The molecule has 1 heterocycles. The Hall–Kier alpha value is -2.21. The Balaban J connectivity index is 2.09. The van der Waals surface area contributed by atoms with Gasteiger partial charge in [-0.1, -0.05) is 31.1 Å². The van der Waals surface area contributed by atoms with Gasteiger partial charge in [0.1, 0.15) is 5.82 Å². The van der Waals surface area contributed by atoms with E-state index in [1.165, 1.54) is 12.1 Å². The molecule has 0 spiro atoms. The molecule has 0 bridgehead atoms. The summed E-state index contributed by atoms with van der Waals surface area (Å²) in [6.07, 6.45) is 0. The number of hydrogen-bond donors (Lipinski definition) is 2. The normalized spacial score (nSPS) is 13.9. The molecule has 0 fully saturated rings. The van der Waals surface area contributed by atoms with Crippen molar-refractivity contribution in [1.29, 1.82) is 0 Å². The van der Waals surface area contributed by atoms with Gasteiger partial charge in [-0.25, -0.2) is 4.39 Å². The first-order valence-electron chi connectivity index (χ1n) is 7.03. The molecule has 1 aromatic carbocycles. The first kappa shape index (κ1) is 16.2. The van der Waals surface area contributed by atoms with Crippen LogP contribution >= 0.6 is 0 Å². The first-order valence-corrected chi connectivity index (χ1v) is 7.03. The fourth-order valence-electron chi connectivity index (χ4n) is 1.72. The Bertz CT molecular complexity index is 665. The molecule has 0 radical (unpaired) electrons. The van der Waals surface area contributed by atoms with Crippen LogP contribution in [-0.4, -0.2) is 28.3 Å². The third kappa shape index (κ3) is 3.51. The number of carbonyl (C=O) groups is 1. The van der Waals surface area contributed by atoms with Crippen molar-refractivity contribution >= 4 is 5.91 Å². The minimum absolute atomic E-state index is 0.0147. The van der Waals surface area contributed by atoms with E-state index >= 15 is 0 Å². The molecule has 5 nitrogen and oxygen atoms in total. The van der Waals surface area contributed by atoms with Crippen LogP contribution in [0.5, 0.6) is 0 Å². The van der Waals surface area contributed by atoms with Crippen molar-refractivity contribution < 1.29 is 18.8 Å². The molecular weight excluding hydrogens is 287 g/mol. The molecule has 1 unspecified atom stereocenters. The molecule has 0 aliphatic carbocycles. The maximum Gasteiger partial charge on any atom is 0.273 e. The Morgan fingerprint density at radius 1 is 1.45 bits per heavy atom. The van der Waals surface area contributed by atoms with Gasteiger partial charge in [-0.2, -0.15) is 0 Å². The summed E-state index contributed by atoms with van der Waals surface area (Å²) in [5, 5.41) is 16.3. The van der Waals surface area contributed by atoms with Crippen molar-refractivity contribution in [3.8, 4) is 11.3 Å². The molecule has 1 aromatic heterocycles. The van der Waals surface area contributed by atoms with Gasteiger partial charge in [0.2, 0.25) is 0 Å². The molecule has 0 aliphatic rings. The predicted octanol–water partition coefficient (Wildman–Crippen LogP) is 2.62. The number of amides is 1. The summed E-state index contributed by atoms with van der Waals surface area (Å²) in [6, 6.07) is 7.45. The van der Waals surface area contributed by atoms with Crippen LogP contribution in [0.4, 0.5) is 4.39 Å². The van der Waals surface area contributed by atoms with Crippen LogP contribution in [0.15, 0.2) is 34.9 Å². The summed E-state index contributed by atoms with van der Waals surface area (Å²) in [6.45, 7) is 5.45. The average Bonchev–Trinajstić information content (AvgIpc) is 2.95. The minimum atomic E-state index is -1.02. The largest absolute Gasteiger partial charge is 0.388 e. The number of carbonyl (C=O) groups excluding carboxylic acids is 1. The number of rotatable bonds is 5. The molecule has 2 aromatic rings. The molecule has 1 atom stereocenters. The third-order valence-corrected chi connectivity index (χ3v) is 3.73. The van der Waals surface area contributed by atoms with E-state index in [9.17, 15) is 14.3 Å². The van der Waals surface area contributed by atoms with Crippen molar-refractivity contribution in [2.45, 2.75) is 26.4 Å². The van der Waals surface area contributed by atoms with Crippen molar-refractivity contribution in [3.63, 3.8) is 0 Å². The second kappa shape index (κ2) is 6.27. The molecule has 2 N–H and O–H groups in total. The van der Waals surface area contributed by atoms with Gasteiger partial charge in [-0.05, 0) is 25.0 Å². The lowest BCUT2D eigenvalue weighted by Crippen LogP contribution is -2.44. The lowest BCUT2D eigenvalue weighted by Gasteiger charge is -2.27. The van der Waals surface area contributed by atoms with E-state index in [0.717, 1.165) is 0 Å². The van der Waals surface area contributed by atoms with Crippen molar-refractivity contribution in [3.05, 3.63) is 41.8 Å². The van der Waals surface area contributed by atoms with Crippen LogP contribution in [0.2, 0.25) is 0 Å². The molecule has 2 rings (SSSR count). The Labute approximate surface area is 128 Å². The van der Waals surface area contributed by atoms with Gasteiger partial charge >= 0.3 is 0 Å². The van der Waals surface area contributed by atoms with Crippen LogP contribution in [-0.2, 0) is 0 Å². The Morgan fingerprint density at radius 2 is 2.14 bits per heavy atom. The second-order valence-electron chi connectivity index (χ2n) is 5.75. The fourth-order valence-corrected chi connectivity index (χ4v) is 1.72. The standard InChI is InChI=1S/C16H19FN2O3/c1-10(2)16(3,21)9-18-15(20)13-8-14(22-19-13)11-6-4-5-7-12(11)17/h4-8,10,21H,9H2,1-3H3,(H,18,20). The topological polar surface area (TPSA) is 75.4 Å². The number of halogens is 1. The molecule has 0 saturated carbocycles. The van der Waals surface area contributed by atoms with E-state index in [4.69, 9.17) is 4.52 Å². The van der Waals surface area contributed by atoms with E-state index in [0.29, 0.717) is 0 Å². The summed E-state index contributed by atoms with van der Waals surface area (Å²) in [4.78, 5) is 12.0. The molecule has 1 amide bonds. The van der Waals surface area contributed by atoms with Gasteiger partial charge in [-0.3, -0.25) is 4.79 Å². The summed E-state index contributed by atoms with van der Waals surface area (Å²) < 4.78 is 18.7. The number of nitrogens with zero attached hydrogens (tertiary/aromatic N) is 1. The summed E-state index contributed by atoms with van der Waals surface area (Å²) in [5.74, 6) is -0.765. The lowest BCUT2D eigenvalue weighted by molar-refractivity contribution is 0.0141. The molecule has 0 saturated heterocycles. The SMILES string of the molecule is CC(C)C(C)(O)CNC(=O)c1cc(-c2ccccc2F)on1. The first-order chi connectivity index (χ1) is 10.3. The number of benzene rings is 1. The quantitative estimate of drug-likeness (QED) is 0.890. The van der Waals surface area contributed by atoms with Gasteiger partial charge in [0, 0.05) is 12.6 Å². The van der Waals surface area contributed by atoms with E-state index in [-0.39, 0.29) is 29.5 Å². The van der Waals surface area contributed by atoms with E-state index in [1.54, 1.807) is 25.1 Å². The Morgan fingerprint density at radius 3 is 2.77 bits per heavy atom. The third-order valence-electron chi connectivity index (χ3n) is 3.73. The highest BCUT2D eigenvalue weighted by molar-refractivity contribution is 5.93. The van der Waals surface area contributed by atoms with Gasteiger partial charge in [-0.15, -0.1) is 0 Å². The highest BCUT2D eigenvalue weighted by atomic mass is 19.1. The van der Waals surface area contributed by atoms with E-state index < -0.39 is 17.3 Å². The van der Waals surface area contributed by atoms with Crippen LogP contribution in [0.25, 0.3) is 11.3 Å². The molecule has 6 heteroatoms. The number of aliphatic hydroxyl groups is 1. The average molecular weight is 306 g/mol. The zero-order valence-corrected chi connectivity index (χ0v) is 12.8. The number of hydrogen-bond acceptors (Lipinski definition) is 4.